The smallest absolute Gasteiger partial charge is 0.149 e. The fourth-order valence-electron chi connectivity index (χ4n) is 2.55. The number of hydrogen-bond acceptors (Lipinski definition) is 2. The van der Waals surface area contributed by atoms with Crippen LogP contribution >= 0.6 is 0 Å². The van der Waals surface area contributed by atoms with E-state index in [9.17, 15) is 8.78 Å². The molecular weight excluding hydrogens is 222 g/mol. The van der Waals surface area contributed by atoms with Gasteiger partial charge in [-0.15, -0.1) is 0 Å². The molecule has 0 atom stereocenters. The second-order valence-electron chi connectivity index (χ2n) is 4.66. The standard InChI is InChI=1S/C13H18F2N2/c1-17(10-4-2-3-5-10)13-11(14)6-9(8-16)7-12(13)15/h6-7,10H,2-5,8,16H2,1H3. The number of nitrogens with zero attached hydrogens (tertiary/aromatic N) is 1. The number of anilines is 1. The van der Waals surface area contributed by atoms with Gasteiger partial charge in [0.05, 0.1) is 0 Å². The van der Waals surface area contributed by atoms with E-state index in [1.54, 1.807) is 11.9 Å². The van der Waals surface area contributed by atoms with Gasteiger partial charge in [-0.1, -0.05) is 12.8 Å². The van der Waals surface area contributed by atoms with Crippen molar-refractivity contribution in [3.63, 3.8) is 0 Å². The van der Waals surface area contributed by atoms with Crippen LogP contribution in [-0.2, 0) is 6.54 Å². The summed E-state index contributed by atoms with van der Waals surface area (Å²) in [5.74, 6) is -1.03. The van der Waals surface area contributed by atoms with E-state index in [1.807, 2.05) is 0 Å². The molecule has 0 saturated heterocycles. The minimum atomic E-state index is -0.514. The van der Waals surface area contributed by atoms with Crippen molar-refractivity contribution < 1.29 is 8.78 Å². The first-order chi connectivity index (χ1) is 8.13. The minimum Gasteiger partial charge on any atom is -0.367 e. The third kappa shape index (κ3) is 2.41. The van der Waals surface area contributed by atoms with Crippen LogP contribution in [0.2, 0.25) is 0 Å². The summed E-state index contributed by atoms with van der Waals surface area (Å²) in [5, 5.41) is 0. The van der Waals surface area contributed by atoms with Gasteiger partial charge in [-0.3, -0.25) is 0 Å². The summed E-state index contributed by atoms with van der Waals surface area (Å²) in [7, 11) is 1.76. The highest BCUT2D eigenvalue weighted by molar-refractivity contribution is 5.51. The predicted molar refractivity (Wildman–Crippen MR) is 64.9 cm³/mol. The van der Waals surface area contributed by atoms with Gasteiger partial charge in [0.25, 0.3) is 0 Å². The van der Waals surface area contributed by atoms with E-state index in [0.29, 0.717) is 5.56 Å². The van der Waals surface area contributed by atoms with Crippen LogP contribution in [0, 0.1) is 11.6 Å². The normalized spacial score (nSPS) is 16.5. The Morgan fingerprint density at radius 3 is 2.24 bits per heavy atom. The number of halogens is 2. The van der Waals surface area contributed by atoms with Crippen LogP contribution in [0.25, 0.3) is 0 Å². The van der Waals surface area contributed by atoms with Crippen molar-refractivity contribution in [2.45, 2.75) is 38.3 Å². The monoisotopic (exact) mass is 240 g/mol. The number of benzene rings is 1. The van der Waals surface area contributed by atoms with Crippen molar-refractivity contribution in [2.75, 3.05) is 11.9 Å². The Bertz CT molecular complexity index is 377. The molecule has 2 N–H and O–H groups in total. The van der Waals surface area contributed by atoms with E-state index < -0.39 is 11.6 Å². The third-order valence-electron chi connectivity index (χ3n) is 3.54. The van der Waals surface area contributed by atoms with Crippen molar-refractivity contribution >= 4 is 5.69 Å². The van der Waals surface area contributed by atoms with Crippen LogP contribution in [0.4, 0.5) is 14.5 Å². The molecule has 17 heavy (non-hydrogen) atoms. The summed E-state index contributed by atoms with van der Waals surface area (Å²) in [4.78, 5) is 1.73. The maximum Gasteiger partial charge on any atom is 0.149 e. The molecule has 1 fully saturated rings. The van der Waals surface area contributed by atoms with Crippen molar-refractivity contribution in [3.8, 4) is 0 Å². The zero-order chi connectivity index (χ0) is 12.4. The van der Waals surface area contributed by atoms with Crippen LogP contribution in [0.1, 0.15) is 31.2 Å². The molecule has 0 heterocycles. The topological polar surface area (TPSA) is 29.3 Å². The average molecular weight is 240 g/mol. The molecule has 0 bridgehead atoms. The molecule has 1 saturated carbocycles. The Morgan fingerprint density at radius 1 is 1.24 bits per heavy atom. The maximum absolute atomic E-state index is 13.9. The number of nitrogens with two attached hydrogens (primary N) is 1. The Balaban J connectivity index is 2.30. The van der Waals surface area contributed by atoms with Gasteiger partial charge in [-0.05, 0) is 30.5 Å². The maximum atomic E-state index is 13.9. The summed E-state index contributed by atoms with van der Waals surface area (Å²) in [6.07, 6.45) is 4.29. The van der Waals surface area contributed by atoms with Crippen LogP contribution in [0.15, 0.2) is 12.1 Å². The van der Waals surface area contributed by atoms with Gasteiger partial charge in [0.15, 0.2) is 0 Å². The summed E-state index contributed by atoms with van der Waals surface area (Å²) in [6.45, 7) is 0.154. The molecule has 1 aromatic rings. The first-order valence-electron chi connectivity index (χ1n) is 6.04. The van der Waals surface area contributed by atoms with E-state index in [2.05, 4.69) is 0 Å². The fraction of sp³-hybridized carbons (Fsp3) is 0.538. The molecule has 2 nitrogen and oxygen atoms in total. The lowest BCUT2D eigenvalue weighted by atomic mass is 10.1. The summed E-state index contributed by atoms with van der Waals surface area (Å²) in [5.41, 5.74) is 5.96. The largest absolute Gasteiger partial charge is 0.367 e. The molecular formula is C13H18F2N2. The van der Waals surface area contributed by atoms with E-state index in [4.69, 9.17) is 5.73 Å². The lowest BCUT2D eigenvalue weighted by molar-refractivity contribution is 0.552. The fourth-order valence-corrected chi connectivity index (χ4v) is 2.55. The molecule has 1 aromatic carbocycles. The molecule has 0 aromatic heterocycles. The summed E-state index contributed by atoms with van der Waals surface area (Å²) < 4.78 is 27.7. The molecule has 2 rings (SSSR count). The lowest BCUT2D eigenvalue weighted by Crippen LogP contribution is -2.30. The second kappa shape index (κ2) is 5.00. The van der Waals surface area contributed by atoms with Crippen molar-refractivity contribution in [3.05, 3.63) is 29.3 Å². The van der Waals surface area contributed by atoms with Gasteiger partial charge in [-0.2, -0.15) is 0 Å². The molecule has 0 spiro atoms. The highest BCUT2D eigenvalue weighted by Gasteiger charge is 2.24. The Kier molecular flexibility index (Phi) is 3.62. The van der Waals surface area contributed by atoms with E-state index in [0.717, 1.165) is 25.7 Å². The lowest BCUT2D eigenvalue weighted by Gasteiger charge is -2.27. The molecule has 4 heteroatoms. The summed E-state index contributed by atoms with van der Waals surface area (Å²) >= 11 is 0. The van der Waals surface area contributed by atoms with Gasteiger partial charge in [0.2, 0.25) is 0 Å². The molecule has 0 unspecified atom stereocenters. The van der Waals surface area contributed by atoms with Crippen LogP contribution in [0.5, 0.6) is 0 Å². The predicted octanol–water partition coefficient (Wildman–Crippen LogP) is 2.80. The molecule has 0 aliphatic heterocycles. The quantitative estimate of drug-likeness (QED) is 0.880. The summed E-state index contributed by atoms with van der Waals surface area (Å²) in [6, 6.07) is 2.90. The Labute approximate surface area is 100 Å². The number of hydrogen-bond donors (Lipinski definition) is 1. The minimum absolute atomic E-state index is 0.0779. The van der Waals surface area contributed by atoms with E-state index in [1.165, 1.54) is 12.1 Å². The van der Waals surface area contributed by atoms with Crippen LogP contribution in [-0.4, -0.2) is 13.1 Å². The molecule has 1 aliphatic carbocycles. The first kappa shape index (κ1) is 12.3. The van der Waals surface area contributed by atoms with Crippen LogP contribution in [0.3, 0.4) is 0 Å². The highest BCUT2D eigenvalue weighted by atomic mass is 19.1. The van der Waals surface area contributed by atoms with E-state index >= 15 is 0 Å². The number of rotatable bonds is 3. The van der Waals surface area contributed by atoms with Crippen molar-refractivity contribution in [1.29, 1.82) is 0 Å². The second-order valence-corrected chi connectivity index (χ2v) is 4.66. The molecule has 0 radical (unpaired) electrons. The Morgan fingerprint density at radius 2 is 1.76 bits per heavy atom. The zero-order valence-corrected chi connectivity index (χ0v) is 10.0. The average Bonchev–Trinajstić information content (AvgIpc) is 2.81. The molecule has 94 valence electrons. The van der Waals surface area contributed by atoms with Gasteiger partial charge in [-0.25, -0.2) is 8.78 Å². The van der Waals surface area contributed by atoms with Crippen LogP contribution < -0.4 is 10.6 Å². The molecule has 1 aliphatic rings. The van der Waals surface area contributed by atoms with Gasteiger partial charge >= 0.3 is 0 Å². The molecule has 0 amide bonds. The zero-order valence-electron chi connectivity index (χ0n) is 10.0. The van der Waals surface area contributed by atoms with Gasteiger partial charge in [0.1, 0.15) is 17.3 Å². The first-order valence-corrected chi connectivity index (χ1v) is 6.04. The Hall–Kier alpha value is -1.16. The van der Waals surface area contributed by atoms with Crippen molar-refractivity contribution in [1.82, 2.24) is 0 Å². The highest BCUT2D eigenvalue weighted by Crippen LogP contribution is 2.31. The SMILES string of the molecule is CN(c1c(F)cc(CN)cc1F)C1CCCC1. The van der Waals surface area contributed by atoms with Gasteiger partial charge in [0, 0.05) is 19.6 Å². The van der Waals surface area contributed by atoms with Crippen molar-refractivity contribution in [2.24, 2.45) is 5.73 Å². The van der Waals surface area contributed by atoms with E-state index in [-0.39, 0.29) is 18.3 Å². The van der Waals surface area contributed by atoms with Gasteiger partial charge < -0.3 is 10.6 Å². The third-order valence-corrected chi connectivity index (χ3v) is 3.54.